The molecular formula is C19H27N3O2. The van der Waals surface area contributed by atoms with Gasteiger partial charge in [0.2, 0.25) is 11.8 Å². The van der Waals surface area contributed by atoms with Crippen LogP contribution in [-0.4, -0.2) is 28.2 Å². The van der Waals surface area contributed by atoms with Crippen molar-refractivity contribution in [3.63, 3.8) is 0 Å². The van der Waals surface area contributed by atoms with Gasteiger partial charge in [0.15, 0.2) is 0 Å². The first-order valence-corrected chi connectivity index (χ1v) is 8.87. The Morgan fingerprint density at radius 1 is 1.21 bits per heavy atom. The van der Waals surface area contributed by atoms with Gasteiger partial charge in [-0.15, -0.1) is 10.2 Å². The number of aromatic nitrogens is 2. The molecule has 2 heterocycles. The zero-order valence-corrected chi connectivity index (χ0v) is 15.1. The lowest BCUT2D eigenvalue weighted by Crippen LogP contribution is -2.33. The molecule has 2 aromatic rings. The molecular weight excluding hydrogens is 302 g/mol. The number of fused-ring (bicyclic) bond motifs is 1. The average molecular weight is 329 g/mol. The highest BCUT2D eigenvalue weighted by atomic mass is 16.5. The Balaban J connectivity index is 1.71. The van der Waals surface area contributed by atoms with Gasteiger partial charge >= 0.3 is 0 Å². The SMILES string of the molecule is CCOc1ccc2c(c1)CN(C(C)c1nnc(CC(C)C)o1)CC2. The second-order valence-corrected chi connectivity index (χ2v) is 6.89. The van der Waals surface area contributed by atoms with Crippen molar-refractivity contribution in [2.45, 2.75) is 53.1 Å². The third-order valence-electron chi connectivity index (χ3n) is 4.50. The van der Waals surface area contributed by atoms with Crippen LogP contribution in [0.5, 0.6) is 5.75 Å². The van der Waals surface area contributed by atoms with E-state index in [9.17, 15) is 0 Å². The predicted molar refractivity (Wildman–Crippen MR) is 93.0 cm³/mol. The standard InChI is InChI=1S/C19H27N3O2/c1-5-23-17-7-6-15-8-9-22(12-16(15)11-17)14(4)19-21-20-18(24-19)10-13(2)3/h6-7,11,13-14H,5,8-10,12H2,1-4H3. The zero-order chi connectivity index (χ0) is 17.1. The van der Waals surface area contributed by atoms with Gasteiger partial charge in [-0.1, -0.05) is 19.9 Å². The van der Waals surface area contributed by atoms with Gasteiger partial charge in [-0.2, -0.15) is 0 Å². The molecule has 1 atom stereocenters. The summed E-state index contributed by atoms with van der Waals surface area (Å²) < 4.78 is 11.5. The molecule has 0 saturated heterocycles. The van der Waals surface area contributed by atoms with Crippen molar-refractivity contribution in [2.75, 3.05) is 13.2 Å². The van der Waals surface area contributed by atoms with E-state index in [0.717, 1.165) is 43.5 Å². The molecule has 1 aliphatic heterocycles. The van der Waals surface area contributed by atoms with Crippen LogP contribution in [0.2, 0.25) is 0 Å². The van der Waals surface area contributed by atoms with Crippen molar-refractivity contribution in [2.24, 2.45) is 5.92 Å². The van der Waals surface area contributed by atoms with Gasteiger partial charge < -0.3 is 9.15 Å². The smallest absolute Gasteiger partial charge is 0.233 e. The van der Waals surface area contributed by atoms with Gasteiger partial charge in [-0.05, 0) is 49.4 Å². The summed E-state index contributed by atoms with van der Waals surface area (Å²) in [7, 11) is 0. The first-order chi connectivity index (χ1) is 11.6. The van der Waals surface area contributed by atoms with Crippen molar-refractivity contribution in [3.05, 3.63) is 41.1 Å². The number of hydrogen-bond acceptors (Lipinski definition) is 5. The highest BCUT2D eigenvalue weighted by Crippen LogP contribution is 2.29. The van der Waals surface area contributed by atoms with E-state index in [-0.39, 0.29) is 6.04 Å². The predicted octanol–water partition coefficient (Wildman–Crippen LogP) is 3.79. The van der Waals surface area contributed by atoms with Crippen molar-refractivity contribution >= 4 is 0 Å². The molecule has 0 saturated carbocycles. The van der Waals surface area contributed by atoms with E-state index in [0.29, 0.717) is 12.5 Å². The molecule has 0 spiro atoms. The second-order valence-electron chi connectivity index (χ2n) is 6.89. The Bertz CT molecular complexity index is 681. The third-order valence-corrected chi connectivity index (χ3v) is 4.50. The van der Waals surface area contributed by atoms with Crippen LogP contribution in [0.15, 0.2) is 22.6 Å². The highest BCUT2D eigenvalue weighted by Gasteiger charge is 2.25. The van der Waals surface area contributed by atoms with Crippen LogP contribution in [0.4, 0.5) is 0 Å². The molecule has 3 rings (SSSR count). The van der Waals surface area contributed by atoms with E-state index in [1.165, 1.54) is 11.1 Å². The summed E-state index contributed by atoms with van der Waals surface area (Å²) in [4.78, 5) is 2.39. The van der Waals surface area contributed by atoms with E-state index in [1.54, 1.807) is 0 Å². The fourth-order valence-electron chi connectivity index (χ4n) is 3.17. The van der Waals surface area contributed by atoms with Gasteiger partial charge in [0.05, 0.1) is 12.6 Å². The number of nitrogens with zero attached hydrogens (tertiary/aromatic N) is 3. The number of rotatable bonds is 6. The maximum Gasteiger partial charge on any atom is 0.233 e. The van der Waals surface area contributed by atoms with E-state index in [1.807, 2.05) is 6.92 Å². The lowest BCUT2D eigenvalue weighted by atomic mass is 9.98. The monoisotopic (exact) mass is 329 g/mol. The summed E-state index contributed by atoms with van der Waals surface area (Å²) in [6.45, 7) is 11.1. The largest absolute Gasteiger partial charge is 0.494 e. The quantitative estimate of drug-likeness (QED) is 0.807. The van der Waals surface area contributed by atoms with E-state index < -0.39 is 0 Å². The first kappa shape index (κ1) is 17.0. The minimum atomic E-state index is 0.127. The summed E-state index contributed by atoms with van der Waals surface area (Å²) in [5.41, 5.74) is 2.74. The maximum atomic E-state index is 5.87. The lowest BCUT2D eigenvalue weighted by molar-refractivity contribution is 0.164. The number of ether oxygens (including phenoxy) is 1. The van der Waals surface area contributed by atoms with Crippen LogP contribution in [-0.2, 0) is 19.4 Å². The summed E-state index contributed by atoms with van der Waals surface area (Å²) in [6, 6.07) is 6.55. The minimum Gasteiger partial charge on any atom is -0.494 e. The van der Waals surface area contributed by atoms with Crippen molar-refractivity contribution < 1.29 is 9.15 Å². The molecule has 1 aromatic carbocycles. The number of hydrogen-bond donors (Lipinski definition) is 0. The number of benzene rings is 1. The summed E-state index contributed by atoms with van der Waals surface area (Å²) in [5, 5.41) is 8.46. The van der Waals surface area contributed by atoms with Crippen LogP contribution >= 0.6 is 0 Å². The fourth-order valence-corrected chi connectivity index (χ4v) is 3.17. The summed E-state index contributed by atoms with van der Waals surface area (Å²) in [5.74, 6) is 2.92. The van der Waals surface area contributed by atoms with Crippen molar-refractivity contribution in [1.82, 2.24) is 15.1 Å². The molecule has 5 heteroatoms. The molecule has 130 valence electrons. The second kappa shape index (κ2) is 7.34. The normalized spacial score (nSPS) is 16.2. The molecule has 0 fully saturated rings. The topological polar surface area (TPSA) is 51.4 Å². The average Bonchev–Trinajstić information content (AvgIpc) is 3.01. The fraction of sp³-hybridized carbons (Fsp3) is 0.579. The minimum absolute atomic E-state index is 0.127. The first-order valence-electron chi connectivity index (χ1n) is 8.87. The van der Waals surface area contributed by atoms with Gasteiger partial charge in [0.25, 0.3) is 0 Å². The molecule has 0 N–H and O–H groups in total. The summed E-state index contributed by atoms with van der Waals surface area (Å²) >= 11 is 0. The van der Waals surface area contributed by atoms with Crippen LogP contribution < -0.4 is 4.74 Å². The van der Waals surface area contributed by atoms with E-state index >= 15 is 0 Å². The van der Waals surface area contributed by atoms with E-state index in [4.69, 9.17) is 9.15 Å². The van der Waals surface area contributed by atoms with Crippen LogP contribution in [0.1, 0.15) is 56.6 Å². The molecule has 24 heavy (non-hydrogen) atoms. The van der Waals surface area contributed by atoms with Crippen LogP contribution in [0.3, 0.4) is 0 Å². The molecule has 5 nitrogen and oxygen atoms in total. The van der Waals surface area contributed by atoms with Gasteiger partial charge in [-0.25, -0.2) is 0 Å². The summed E-state index contributed by atoms with van der Waals surface area (Å²) in [6.07, 6.45) is 1.87. The Labute approximate surface area is 144 Å². The Kier molecular flexibility index (Phi) is 5.19. The van der Waals surface area contributed by atoms with E-state index in [2.05, 4.69) is 54.1 Å². The molecule has 0 radical (unpaired) electrons. The Morgan fingerprint density at radius 3 is 2.79 bits per heavy atom. The van der Waals surface area contributed by atoms with Crippen LogP contribution in [0, 0.1) is 5.92 Å². The molecule has 0 bridgehead atoms. The van der Waals surface area contributed by atoms with Gasteiger partial charge in [-0.3, -0.25) is 4.90 Å². The third kappa shape index (κ3) is 3.78. The van der Waals surface area contributed by atoms with Gasteiger partial charge in [0.1, 0.15) is 5.75 Å². The molecule has 1 unspecified atom stereocenters. The van der Waals surface area contributed by atoms with Crippen LogP contribution in [0.25, 0.3) is 0 Å². The highest BCUT2D eigenvalue weighted by molar-refractivity contribution is 5.37. The Morgan fingerprint density at radius 2 is 2.04 bits per heavy atom. The zero-order valence-electron chi connectivity index (χ0n) is 15.1. The van der Waals surface area contributed by atoms with Gasteiger partial charge in [0, 0.05) is 19.5 Å². The molecule has 0 aliphatic carbocycles. The molecule has 0 amide bonds. The maximum absolute atomic E-state index is 5.87. The molecule has 1 aliphatic rings. The lowest BCUT2D eigenvalue weighted by Gasteiger charge is -2.32. The molecule has 1 aromatic heterocycles. The van der Waals surface area contributed by atoms with Crippen molar-refractivity contribution in [3.8, 4) is 5.75 Å². The van der Waals surface area contributed by atoms with Crippen molar-refractivity contribution in [1.29, 1.82) is 0 Å². The Hall–Kier alpha value is -1.88.